The zero-order valence-corrected chi connectivity index (χ0v) is 12.9. The first-order chi connectivity index (χ1) is 9.40. The summed E-state index contributed by atoms with van der Waals surface area (Å²) in [5.41, 5.74) is 7.96. The maximum atomic E-state index is 5.97. The Hall–Kier alpha value is -1.51. The topological polar surface area (TPSA) is 35.2 Å². The first kappa shape index (κ1) is 14.9. The number of nitrogens with two attached hydrogens (primary N) is 1. The third-order valence-electron chi connectivity index (χ3n) is 3.17. The van der Waals surface area contributed by atoms with Gasteiger partial charge >= 0.3 is 0 Å². The lowest BCUT2D eigenvalue weighted by Crippen LogP contribution is -2.10. The second-order valence-electron chi connectivity index (χ2n) is 5.84. The number of rotatable bonds is 3. The summed E-state index contributed by atoms with van der Waals surface area (Å²) in [5.74, 6) is 1.57. The fourth-order valence-corrected chi connectivity index (χ4v) is 2.15. The Morgan fingerprint density at radius 3 is 2.50 bits per heavy atom. The fourth-order valence-electron chi connectivity index (χ4n) is 1.96. The minimum atomic E-state index is 0.0933. The molecular formula is C17H20ClNO. The molecule has 106 valence electrons. The molecule has 2 rings (SSSR count). The molecule has 0 bridgehead atoms. The molecule has 0 aliphatic heterocycles. The van der Waals surface area contributed by atoms with Crippen molar-refractivity contribution < 1.29 is 4.74 Å². The molecule has 0 aliphatic rings. The van der Waals surface area contributed by atoms with Crippen LogP contribution in [0, 0.1) is 0 Å². The Balaban J connectivity index is 2.31. The van der Waals surface area contributed by atoms with E-state index < -0.39 is 0 Å². The molecule has 3 heteroatoms. The third-order valence-corrected chi connectivity index (χ3v) is 3.41. The molecule has 0 heterocycles. The van der Waals surface area contributed by atoms with Gasteiger partial charge in [-0.3, -0.25) is 0 Å². The van der Waals surface area contributed by atoms with Gasteiger partial charge in [0.25, 0.3) is 0 Å². The summed E-state index contributed by atoms with van der Waals surface area (Å²) >= 11 is 5.97. The van der Waals surface area contributed by atoms with Crippen molar-refractivity contribution in [1.29, 1.82) is 0 Å². The average Bonchev–Trinajstić information content (AvgIpc) is 2.40. The largest absolute Gasteiger partial charge is 0.457 e. The highest BCUT2D eigenvalue weighted by atomic mass is 35.5. The van der Waals surface area contributed by atoms with Gasteiger partial charge in [0, 0.05) is 17.1 Å². The van der Waals surface area contributed by atoms with Gasteiger partial charge in [-0.2, -0.15) is 0 Å². The molecule has 2 N–H and O–H groups in total. The summed E-state index contributed by atoms with van der Waals surface area (Å²) in [6, 6.07) is 13.6. The van der Waals surface area contributed by atoms with E-state index >= 15 is 0 Å². The van der Waals surface area contributed by atoms with E-state index in [1.165, 1.54) is 5.56 Å². The van der Waals surface area contributed by atoms with Crippen molar-refractivity contribution >= 4 is 11.6 Å². The Bertz CT molecular complexity index is 602. The predicted molar refractivity (Wildman–Crippen MR) is 84.6 cm³/mol. The average molecular weight is 290 g/mol. The summed E-state index contributed by atoms with van der Waals surface area (Å²) in [7, 11) is 0. The lowest BCUT2D eigenvalue weighted by Gasteiger charge is -2.20. The van der Waals surface area contributed by atoms with Crippen LogP contribution in [0.2, 0.25) is 5.02 Å². The molecule has 2 aromatic rings. The molecule has 0 fully saturated rings. The number of hydrogen-bond acceptors (Lipinski definition) is 2. The van der Waals surface area contributed by atoms with Crippen molar-refractivity contribution in [2.75, 3.05) is 0 Å². The standard InChI is InChI=1S/C17H20ClNO/c1-17(2,3)13-5-4-6-15(10-13)20-16-8-7-14(18)9-12(16)11-19/h4-10H,11,19H2,1-3H3. The Morgan fingerprint density at radius 2 is 1.85 bits per heavy atom. The van der Waals surface area contributed by atoms with Crippen LogP contribution >= 0.6 is 11.6 Å². The van der Waals surface area contributed by atoms with Crippen LogP contribution in [0.1, 0.15) is 31.9 Å². The van der Waals surface area contributed by atoms with Crippen LogP contribution in [-0.2, 0) is 12.0 Å². The van der Waals surface area contributed by atoms with Crippen LogP contribution in [-0.4, -0.2) is 0 Å². The summed E-state index contributed by atoms with van der Waals surface area (Å²) in [4.78, 5) is 0. The second-order valence-corrected chi connectivity index (χ2v) is 6.27. The SMILES string of the molecule is CC(C)(C)c1cccc(Oc2ccc(Cl)cc2CN)c1. The Morgan fingerprint density at radius 1 is 1.10 bits per heavy atom. The van der Waals surface area contributed by atoms with Gasteiger partial charge in [0.1, 0.15) is 11.5 Å². The van der Waals surface area contributed by atoms with E-state index in [1.807, 2.05) is 30.3 Å². The van der Waals surface area contributed by atoms with Crippen LogP contribution in [0.25, 0.3) is 0 Å². The van der Waals surface area contributed by atoms with Crippen molar-refractivity contribution in [2.24, 2.45) is 5.73 Å². The fraction of sp³-hybridized carbons (Fsp3) is 0.294. The summed E-state index contributed by atoms with van der Waals surface area (Å²) in [6.45, 7) is 6.94. The minimum Gasteiger partial charge on any atom is -0.457 e. The molecule has 2 nitrogen and oxygen atoms in total. The normalized spacial score (nSPS) is 11.4. The zero-order chi connectivity index (χ0) is 14.8. The van der Waals surface area contributed by atoms with E-state index in [1.54, 1.807) is 0 Å². The number of halogens is 1. The van der Waals surface area contributed by atoms with E-state index in [0.29, 0.717) is 11.6 Å². The van der Waals surface area contributed by atoms with Crippen molar-refractivity contribution in [3.8, 4) is 11.5 Å². The molecule has 0 amide bonds. The van der Waals surface area contributed by atoms with Crippen LogP contribution in [0.4, 0.5) is 0 Å². The molecule has 0 unspecified atom stereocenters. The van der Waals surface area contributed by atoms with Crippen molar-refractivity contribution in [1.82, 2.24) is 0 Å². The van der Waals surface area contributed by atoms with Gasteiger partial charge in [0.05, 0.1) is 0 Å². The number of ether oxygens (including phenoxy) is 1. The van der Waals surface area contributed by atoms with Gasteiger partial charge in [-0.1, -0.05) is 44.5 Å². The number of benzene rings is 2. The van der Waals surface area contributed by atoms with Crippen LogP contribution in [0.15, 0.2) is 42.5 Å². The lowest BCUT2D eigenvalue weighted by molar-refractivity contribution is 0.472. The first-order valence-electron chi connectivity index (χ1n) is 6.67. The molecule has 20 heavy (non-hydrogen) atoms. The molecule has 0 atom stereocenters. The number of hydrogen-bond donors (Lipinski definition) is 1. The molecule has 0 saturated carbocycles. The molecule has 0 aliphatic carbocycles. The highest BCUT2D eigenvalue weighted by molar-refractivity contribution is 6.30. The zero-order valence-electron chi connectivity index (χ0n) is 12.1. The summed E-state index contributed by atoms with van der Waals surface area (Å²) in [5, 5.41) is 0.668. The van der Waals surface area contributed by atoms with E-state index in [9.17, 15) is 0 Å². The van der Waals surface area contributed by atoms with Gasteiger partial charge in [-0.05, 0) is 41.3 Å². The van der Waals surface area contributed by atoms with Crippen molar-refractivity contribution in [3.63, 3.8) is 0 Å². The molecule has 0 spiro atoms. The molecular weight excluding hydrogens is 270 g/mol. The summed E-state index contributed by atoms with van der Waals surface area (Å²) < 4.78 is 5.95. The quantitative estimate of drug-likeness (QED) is 0.873. The Labute approximate surface area is 125 Å². The van der Waals surface area contributed by atoms with E-state index in [-0.39, 0.29) is 5.41 Å². The smallest absolute Gasteiger partial charge is 0.132 e. The molecule has 0 aromatic heterocycles. The molecule has 0 saturated heterocycles. The highest BCUT2D eigenvalue weighted by Crippen LogP contribution is 2.31. The molecule has 2 aromatic carbocycles. The first-order valence-corrected chi connectivity index (χ1v) is 7.05. The summed E-state index contributed by atoms with van der Waals surface area (Å²) in [6.07, 6.45) is 0. The third kappa shape index (κ3) is 3.53. The monoisotopic (exact) mass is 289 g/mol. The van der Waals surface area contributed by atoms with E-state index in [4.69, 9.17) is 22.1 Å². The lowest BCUT2D eigenvalue weighted by atomic mass is 9.87. The van der Waals surface area contributed by atoms with Gasteiger partial charge in [0.15, 0.2) is 0 Å². The highest BCUT2D eigenvalue weighted by Gasteiger charge is 2.14. The second kappa shape index (κ2) is 5.86. The van der Waals surface area contributed by atoms with Crippen molar-refractivity contribution in [2.45, 2.75) is 32.7 Å². The minimum absolute atomic E-state index is 0.0933. The molecule has 0 radical (unpaired) electrons. The van der Waals surface area contributed by atoms with Crippen molar-refractivity contribution in [3.05, 3.63) is 58.6 Å². The maximum absolute atomic E-state index is 5.97. The van der Waals surface area contributed by atoms with Gasteiger partial charge in [-0.15, -0.1) is 0 Å². The van der Waals surface area contributed by atoms with Gasteiger partial charge in [0.2, 0.25) is 0 Å². The van der Waals surface area contributed by atoms with E-state index in [2.05, 4.69) is 32.9 Å². The predicted octanol–water partition coefficient (Wildman–Crippen LogP) is 4.89. The van der Waals surface area contributed by atoms with Crippen LogP contribution in [0.3, 0.4) is 0 Å². The van der Waals surface area contributed by atoms with E-state index in [0.717, 1.165) is 17.1 Å². The maximum Gasteiger partial charge on any atom is 0.132 e. The van der Waals surface area contributed by atoms with Crippen LogP contribution < -0.4 is 10.5 Å². The van der Waals surface area contributed by atoms with Gasteiger partial charge in [-0.25, -0.2) is 0 Å². The Kier molecular flexibility index (Phi) is 4.36. The van der Waals surface area contributed by atoms with Gasteiger partial charge < -0.3 is 10.5 Å². The van der Waals surface area contributed by atoms with Crippen LogP contribution in [0.5, 0.6) is 11.5 Å².